The predicted molar refractivity (Wildman–Crippen MR) is 141 cm³/mol. The van der Waals surface area contributed by atoms with Crippen molar-refractivity contribution < 1.29 is 4.74 Å². The van der Waals surface area contributed by atoms with Gasteiger partial charge in [0.2, 0.25) is 0 Å². The molecule has 7 rings (SSSR count). The number of ether oxygens (including phenoxy) is 1. The molecule has 1 aromatic carbocycles. The third kappa shape index (κ3) is 4.46. The van der Waals surface area contributed by atoms with Crippen LogP contribution < -0.4 is 5.32 Å². The summed E-state index contributed by atoms with van der Waals surface area (Å²) in [6.07, 6.45) is 18.3. The molecule has 1 aromatic heterocycles. The highest BCUT2D eigenvalue weighted by Gasteiger charge is 2.45. The average Bonchev–Trinajstić information content (AvgIpc) is 3.14. The number of nitrogens with zero attached hydrogens (tertiary/aromatic N) is 3. The Bertz CT molecular complexity index is 985. The Kier molecular flexibility index (Phi) is 6.36. The summed E-state index contributed by atoms with van der Waals surface area (Å²) in [6, 6.07) is 12.2. The molecule has 2 saturated carbocycles. The molecule has 5 fully saturated rings. The fourth-order valence-corrected chi connectivity index (χ4v) is 8.92. The highest BCUT2D eigenvalue weighted by molar-refractivity contribution is 5.76. The van der Waals surface area contributed by atoms with Crippen molar-refractivity contribution >= 4 is 11.0 Å². The summed E-state index contributed by atoms with van der Waals surface area (Å²) in [5, 5.41) is 3.67. The number of hydrogen-bond acceptors (Lipinski definition) is 4. The molecule has 2 aliphatic carbocycles. The topological polar surface area (TPSA) is 42.3 Å². The van der Waals surface area contributed by atoms with Crippen LogP contribution >= 0.6 is 0 Å². The van der Waals surface area contributed by atoms with E-state index in [1.165, 1.54) is 93.9 Å². The highest BCUT2D eigenvalue weighted by atomic mass is 16.5. The first-order valence-electron chi connectivity index (χ1n) is 14.9. The zero-order valence-electron chi connectivity index (χ0n) is 21.4. The van der Waals surface area contributed by atoms with Gasteiger partial charge in [-0.15, -0.1) is 0 Å². The smallest absolute Gasteiger partial charge is 0.111 e. The predicted octanol–water partition coefficient (Wildman–Crippen LogP) is 5.48. The molecule has 5 aliphatic rings. The summed E-state index contributed by atoms with van der Waals surface area (Å²) in [7, 11) is 0. The van der Waals surface area contributed by atoms with E-state index in [9.17, 15) is 0 Å². The Morgan fingerprint density at radius 3 is 2.34 bits per heavy atom. The van der Waals surface area contributed by atoms with Crippen LogP contribution in [-0.4, -0.2) is 58.4 Å². The van der Waals surface area contributed by atoms with E-state index in [1.807, 2.05) is 0 Å². The van der Waals surface area contributed by atoms with Crippen LogP contribution in [0.5, 0.6) is 0 Å². The summed E-state index contributed by atoms with van der Waals surface area (Å²) in [4.78, 5) is 8.28. The van der Waals surface area contributed by atoms with Crippen molar-refractivity contribution in [1.29, 1.82) is 0 Å². The van der Waals surface area contributed by atoms with Gasteiger partial charge in [-0.1, -0.05) is 44.2 Å². The van der Waals surface area contributed by atoms with Gasteiger partial charge in [0.15, 0.2) is 0 Å². The molecule has 4 bridgehead atoms. The van der Waals surface area contributed by atoms with Gasteiger partial charge in [-0.25, -0.2) is 4.98 Å². The first-order chi connectivity index (χ1) is 17.3. The second-order valence-electron chi connectivity index (χ2n) is 12.5. The third-order valence-electron chi connectivity index (χ3n) is 10.2. The van der Waals surface area contributed by atoms with Crippen LogP contribution in [0.2, 0.25) is 0 Å². The minimum Gasteiger partial charge on any atom is -0.379 e. The molecule has 4 heterocycles. The van der Waals surface area contributed by atoms with Crippen LogP contribution in [0.3, 0.4) is 0 Å². The Morgan fingerprint density at radius 2 is 1.60 bits per heavy atom. The Balaban J connectivity index is 1.16. The standard InChI is InChI=1S/C30H44N4O/c1-2-7-22-14-21(6-1)15-26(16-22)33-24-8-5-9-25(33)19-27(18-24)34-29-11-4-3-10-28(29)32-30(34)17-23-20-35-13-12-31-23/h3-4,10-11,21-27,31H,1-2,5-9,12-20H2/t21-,22+,23-,24-,25+,26?,27?/m1/s1. The Labute approximate surface area is 211 Å². The molecule has 190 valence electrons. The minimum atomic E-state index is 0.379. The molecule has 0 amide bonds. The molecule has 0 radical (unpaired) electrons. The van der Waals surface area contributed by atoms with Gasteiger partial charge in [0.05, 0.1) is 24.2 Å². The van der Waals surface area contributed by atoms with Gasteiger partial charge in [-0.2, -0.15) is 0 Å². The van der Waals surface area contributed by atoms with Gasteiger partial charge in [0.25, 0.3) is 0 Å². The van der Waals surface area contributed by atoms with Crippen LogP contribution in [-0.2, 0) is 11.2 Å². The molecule has 3 saturated heterocycles. The molecule has 0 spiro atoms. The molecule has 2 aromatic rings. The van der Waals surface area contributed by atoms with E-state index in [0.717, 1.165) is 56.1 Å². The Morgan fingerprint density at radius 1 is 0.829 bits per heavy atom. The highest BCUT2D eigenvalue weighted by Crippen LogP contribution is 2.47. The van der Waals surface area contributed by atoms with Crippen molar-refractivity contribution in [2.45, 2.75) is 114 Å². The SMILES string of the molecule is c1ccc2c(c1)nc(C[C@@H]1COCCN1)n2C1C[C@H]2CCC[C@@H](C1)N2C1C[C@H]2CCCC[C@@H](C1)C2. The first-order valence-corrected chi connectivity index (χ1v) is 14.9. The third-order valence-corrected chi connectivity index (χ3v) is 10.2. The second kappa shape index (κ2) is 9.79. The van der Waals surface area contributed by atoms with Crippen LogP contribution in [0.15, 0.2) is 24.3 Å². The maximum absolute atomic E-state index is 5.79. The molecular weight excluding hydrogens is 432 g/mol. The van der Waals surface area contributed by atoms with E-state index in [4.69, 9.17) is 9.72 Å². The van der Waals surface area contributed by atoms with E-state index in [0.29, 0.717) is 12.1 Å². The molecule has 5 heteroatoms. The zero-order chi connectivity index (χ0) is 23.2. The maximum atomic E-state index is 5.79. The fraction of sp³-hybridized carbons (Fsp3) is 0.767. The molecule has 7 atom stereocenters. The van der Waals surface area contributed by atoms with Crippen LogP contribution in [0.4, 0.5) is 0 Å². The number of morpholine rings is 1. The molecule has 1 N–H and O–H groups in total. The summed E-state index contributed by atoms with van der Waals surface area (Å²) >= 11 is 0. The van der Waals surface area contributed by atoms with Gasteiger partial charge < -0.3 is 14.6 Å². The van der Waals surface area contributed by atoms with Crippen molar-refractivity contribution in [2.24, 2.45) is 11.8 Å². The van der Waals surface area contributed by atoms with Crippen molar-refractivity contribution in [3.63, 3.8) is 0 Å². The molecular formula is C30H44N4O. The van der Waals surface area contributed by atoms with Crippen LogP contribution in [0.25, 0.3) is 11.0 Å². The van der Waals surface area contributed by atoms with E-state index in [1.54, 1.807) is 0 Å². The number of para-hydroxylation sites is 2. The van der Waals surface area contributed by atoms with Crippen LogP contribution in [0.1, 0.15) is 88.9 Å². The number of hydrogen-bond donors (Lipinski definition) is 1. The number of rotatable bonds is 4. The minimum absolute atomic E-state index is 0.379. The number of nitrogens with one attached hydrogen (secondary N) is 1. The molecule has 2 unspecified atom stereocenters. The molecule has 5 nitrogen and oxygen atoms in total. The van der Waals surface area contributed by atoms with Gasteiger partial charge >= 0.3 is 0 Å². The van der Waals surface area contributed by atoms with Crippen molar-refractivity contribution in [2.75, 3.05) is 19.8 Å². The van der Waals surface area contributed by atoms with Gasteiger partial charge in [0, 0.05) is 43.2 Å². The van der Waals surface area contributed by atoms with E-state index >= 15 is 0 Å². The van der Waals surface area contributed by atoms with Gasteiger partial charge in [-0.05, 0) is 68.9 Å². The summed E-state index contributed by atoms with van der Waals surface area (Å²) in [6.45, 7) is 2.59. The monoisotopic (exact) mass is 476 g/mol. The summed E-state index contributed by atoms with van der Waals surface area (Å²) < 4.78 is 8.47. The number of piperidine rings is 2. The number of imidazole rings is 1. The van der Waals surface area contributed by atoms with Gasteiger partial charge in [0.1, 0.15) is 5.82 Å². The number of fused-ring (bicyclic) bond motifs is 5. The van der Waals surface area contributed by atoms with E-state index in [-0.39, 0.29) is 0 Å². The summed E-state index contributed by atoms with van der Waals surface area (Å²) in [5.41, 5.74) is 2.52. The average molecular weight is 477 g/mol. The van der Waals surface area contributed by atoms with Crippen molar-refractivity contribution in [1.82, 2.24) is 19.8 Å². The van der Waals surface area contributed by atoms with Crippen molar-refractivity contribution in [3.05, 3.63) is 30.1 Å². The fourth-order valence-electron chi connectivity index (χ4n) is 8.92. The number of aromatic nitrogens is 2. The number of benzene rings is 1. The lowest BCUT2D eigenvalue weighted by Gasteiger charge is -2.54. The molecule has 3 aliphatic heterocycles. The van der Waals surface area contributed by atoms with Gasteiger partial charge in [-0.3, -0.25) is 4.90 Å². The van der Waals surface area contributed by atoms with Crippen molar-refractivity contribution in [3.8, 4) is 0 Å². The lowest BCUT2D eigenvalue weighted by atomic mass is 9.73. The van der Waals surface area contributed by atoms with E-state index in [2.05, 4.69) is 39.0 Å². The van der Waals surface area contributed by atoms with E-state index < -0.39 is 0 Å². The normalized spacial score (nSPS) is 38.3. The molecule has 35 heavy (non-hydrogen) atoms. The lowest BCUT2D eigenvalue weighted by Crippen LogP contribution is -2.58. The quantitative estimate of drug-likeness (QED) is 0.634. The Hall–Kier alpha value is -1.43. The first kappa shape index (κ1) is 22.7. The summed E-state index contributed by atoms with van der Waals surface area (Å²) in [5.74, 6) is 3.29. The largest absolute Gasteiger partial charge is 0.379 e. The lowest BCUT2D eigenvalue weighted by molar-refractivity contribution is -0.0421. The zero-order valence-corrected chi connectivity index (χ0v) is 21.4. The second-order valence-corrected chi connectivity index (χ2v) is 12.5. The maximum Gasteiger partial charge on any atom is 0.111 e. The van der Waals surface area contributed by atoms with Crippen LogP contribution in [0, 0.1) is 11.8 Å².